The number of thioether (sulfide) groups is 1. The number of nitrogens with zero attached hydrogens (tertiary/aromatic N) is 4. The number of fused-ring (bicyclic) bond motifs is 5. The molecule has 0 saturated carbocycles. The van der Waals surface area contributed by atoms with Crippen LogP contribution in [0.4, 0.5) is 0 Å². The topological polar surface area (TPSA) is 70.7 Å². The molecule has 37 heavy (non-hydrogen) atoms. The standard InChI is InChI=1S/C26H22Cl2N4O3S2/c1-26(2)11-16-20(12-35-26)37-23-21(16)22(33)31(14-7-9-15(34-3)10-8-14)24-29-30-25(32(23)24)36-13-17-18(27)5-4-6-19(17)28/h4-10H,11-13H2,1-3H3. The molecule has 0 spiro atoms. The van der Waals surface area contributed by atoms with Gasteiger partial charge in [-0.3, -0.25) is 4.79 Å². The Morgan fingerprint density at radius 2 is 1.86 bits per heavy atom. The molecule has 6 rings (SSSR count). The van der Waals surface area contributed by atoms with Crippen molar-refractivity contribution < 1.29 is 9.47 Å². The molecule has 3 aromatic heterocycles. The van der Waals surface area contributed by atoms with Crippen molar-refractivity contribution in [2.45, 2.75) is 43.4 Å². The number of benzene rings is 2. The van der Waals surface area contributed by atoms with Crippen molar-refractivity contribution in [3.8, 4) is 11.4 Å². The van der Waals surface area contributed by atoms with E-state index in [1.807, 2.05) is 60.7 Å². The van der Waals surface area contributed by atoms with Gasteiger partial charge < -0.3 is 9.47 Å². The molecule has 7 nitrogen and oxygen atoms in total. The van der Waals surface area contributed by atoms with Crippen LogP contribution in [0, 0.1) is 0 Å². The normalized spacial score (nSPS) is 14.8. The quantitative estimate of drug-likeness (QED) is 0.222. The van der Waals surface area contributed by atoms with Crippen molar-refractivity contribution in [3.63, 3.8) is 0 Å². The third-order valence-corrected chi connectivity index (χ3v) is 9.30. The Balaban J connectivity index is 1.59. The average Bonchev–Trinajstić information content (AvgIpc) is 3.45. The second-order valence-electron chi connectivity index (χ2n) is 9.35. The molecular weight excluding hydrogens is 551 g/mol. The van der Waals surface area contributed by atoms with Crippen LogP contribution in [0.3, 0.4) is 0 Å². The van der Waals surface area contributed by atoms with E-state index in [2.05, 4.69) is 10.2 Å². The lowest BCUT2D eigenvalue weighted by atomic mass is 9.94. The summed E-state index contributed by atoms with van der Waals surface area (Å²) in [5, 5.41) is 11.5. The Labute approximate surface area is 230 Å². The van der Waals surface area contributed by atoms with Gasteiger partial charge in [0.25, 0.3) is 5.56 Å². The summed E-state index contributed by atoms with van der Waals surface area (Å²) in [6, 6.07) is 12.8. The van der Waals surface area contributed by atoms with Gasteiger partial charge in [-0.2, -0.15) is 0 Å². The summed E-state index contributed by atoms with van der Waals surface area (Å²) in [4.78, 5) is 16.0. The summed E-state index contributed by atoms with van der Waals surface area (Å²) < 4.78 is 15.0. The molecule has 4 heterocycles. The number of aromatic nitrogens is 4. The molecule has 0 radical (unpaired) electrons. The van der Waals surface area contributed by atoms with E-state index in [1.54, 1.807) is 23.0 Å². The Morgan fingerprint density at radius 1 is 1.14 bits per heavy atom. The van der Waals surface area contributed by atoms with Gasteiger partial charge >= 0.3 is 0 Å². The molecule has 11 heteroatoms. The van der Waals surface area contributed by atoms with Crippen molar-refractivity contribution in [1.29, 1.82) is 0 Å². The van der Waals surface area contributed by atoms with E-state index >= 15 is 0 Å². The number of rotatable bonds is 5. The maximum absolute atomic E-state index is 14.1. The van der Waals surface area contributed by atoms with Gasteiger partial charge in [0.1, 0.15) is 10.6 Å². The summed E-state index contributed by atoms with van der Waals surface area (Å²) in [5.41, 5.74) is 2.05. The Kier molecular flexibility index (Phi) is 6.24. The van der Waals surface area contributed by atoms with Crippen LogP contribution in [0.5, 0.6) is 5.75 Å². The lowest BCUT2D eigenvalue weighted by Gasteiger charge is -2.29. The van der Waals surface area contributed by atoms with Crippen molar-refractivity contribution in [2.24, 2.45) is 0 Å². The molecule has 190 valence electrons. The number of ether oxygens (including phenoxy) is 2. The molecule has 0 amide bonds. The first kappa shape index (κ1) is 24.8. The minimum atomic E-state index is -0.362. The Bertz CT molecular complexity index is 1700. The van der Waals surface area contributed by atoms with Crippen LogP contribution in [0.15, 0.2) is 52.4 Å². The van der Waals surface area contributed by atoms with Crippen LogP contribution >= 0.6 is 46.3 Å². The summed E-state index contributed by atoms with van der Waals surface area (Å²) in [6.07, 6.45) is 0.644. The molecule has 0 bridgehead atoms. The highest BCUT2D eigenvalue weighted by molar-refractivity contribution is 7.98. The monoisotopic (exact) mass is 572 g/mol. The van der Waals surface area contributed by atoms with E-state index in [1.165, 1.54) is 11.8 Å². The van der Waals surface area contributed by atoms with Crippen LogP contribution in [-0.2, 0) is 23.5 Å². The number of halogens is 2. The van der Waals surface area contributed by atoms with Crippen molar-refractivity contribution >= 4 is 62.3 Å². The highest BCUT2D eigenvalue weighted by Gasteiger charge is 2.32. The maximum atomic E-state index is 14.1. The molecule has 0 atom stereocenters. The number of methoxy groups -OCH3 is 1. The lowest BCUT2D eigenvalue weighted by Crippen LogP contribution is -2.32. The zero-order valence-electron chi connectivity index (χ0n) is 20.2. The fourth-order valence-electron chi connectivity index (χ4n) is 4.57. The van der Waals surface area contributed by atoms with Gasteiger partial charge in [0.05, 0.1) is 30.4 Å². The second kappa shape index (κ2) is 9.32. The van der Waals surface area contributed by atoms with Crippen LogP contribution in [0.2, 0.25) is 10.0 Å². The fraction of sp³-hybridized carbons (Fsp3) is 0.269. The highest BCUT2D eigenvalue weighted by atomic mass is 35.5. The van der Waals surface area contributed by atoms with Crippen LogP contribution < -0.4 is 10.3 Å². The minimum absolute atomic E-state index is 0.124. The summed E-state index contributed by atoms with van der Waals surface area (Å²) in [6.45, 7) is 4.56. The van der Waals surface area contributed by atoms with Gasteiger partial charge in [-0.25, -0.2) is 8.97 Å². The summed E-state index contributed by atoms with van der Waals surface area (Å²) in [7, 11) is 1.61. The van der Waals surface area contributed by atoms with E-state index in [9.17, 15) is 4.79 Å². The smallest absolute Gasteiger partial charge is 0.268 e. The van der Waals surface area contributed by atoms with Crippen molar-refractivity contribution in [3.05, 3.63) is 78.9 Å². The Morgan fingerprint density at radius 3 is 2.57 bits per heavy atom. The van der Waals surface area contributed by atoms with Crippen molar-refractivity contribution in [1.82, 2.24) is 19.2 Å². The maximum Gasteiger partial charge on any atom is 0.268 e. The van der Waals surface area contributed by atoms with Gasteiger partial charge in [-0.15, -0.1) is 21.5 Å². The van der Waals surface area contributed by atoms with E-state index in [-0.39, 0.29) is 11.2 Å². The number of hydrogen-bond acceptors (Lipinski definition) is 7. The number of thiophene rings is 1. The third-order valence-electron chi connectivity index (χ3n) is 6.44. The average molecular weight is 574 g/mol. The van der Waals surface area contributed by atoms with Crippen LogP contribution in [0.25, 0.3) is 21.7 Å². The van der Waals surface area contributed by atoms with E-state index in [0.29, 0.717) is 56.6 Å². The minimum Gasteiger partial charge on any atom is -0.497 e. The molecule has 1 aliphatic heterocycles. The molecular formula is C26H22Cl2N4O3S2. The molecule has 0 aliphatic carbocycles. The van der Waals surface area contributed by atoms with Gasteiger partial charge in [0.15, 0.2) is 5.16 Å². The SMILES string of the molecule is COc1ccc(-n2c(=O)c3c4c(sc3n3c(SCc5c(Cl)cccc5Cl)nnc23)COC(C)(C)C4)cc1. The zero-order valence-corrected chi connectivity index (χ0v) is 23.4. The first-order chi connectivity index (χ1) is 17.8. The zero-order chi connectivity index (χ0) is 25.9. The van der Waals surface area contributed by atoms with Gasteiger partial charge in [0, 0.05) is 27.1 Å². The highest BCUT2D eigenvalue weighted by Crippen LogP contribution is 2.40. The first-order valence-corrected chi connectivity index (χ1v) is 14.1. The number of hydrogen-bond donors (Lipinski definition) is 0. The fourth-order valence-corrected chi connectivity index (χ4v) is 7.52. The predicted octanol–water partition coefficient (Wildman–Crippen LogP) is 6.55. The Hall–Kier alpha value is -2.56. The van der Waals surface area contributed by atoms with Gasteiger partial charge in [0.2, 0.25) is 5.78 Å². The van der Waals surface area contributed by atoms with Gasteiger partial charge in [-0.05, 0) is 61.4 Å². The molecule has 0 unspecified atom stereocenters. The molecule has 0 N–H and O–H groups in total. The van der Waals surface area contributed by atoms with E-state index in [4.69, 9.17) is 32.7 Å². The largest absolute Gasteiger partial charge is 0.497 e. The summed E-state index contributed by atoms with van der Waals surface area (Å²) in [5.74, 6) is 1.65. The van der Waals surface area contributed by atoms with E-state index in [0.717, 1.165) is 20.8 Å². The molecule has 1 aliphatic rings. The van der Waals surface area contributed by atoms with Gasteiger partial charge in [-0.1, -0.05) is 41.0 Å². The molecule has 2 aromatic carbocycles. The molecule has 0 saturated heterocycles. The summed E-state index contributed by atoms with van der Waals surface area (Å²) >= 11 is 15.9. The molecule has 5 aromatic rings. The van der Waals surface area contributed by atoms with Crippen LogP contribution in [0.1, 0.15) is 29.9 Å². The third kappa shape index (κ3) is 4.23. The predicted molar refractivity (Wildman–Crippen MR) is 149 cm³/mol. The first-order valence-electron chi connectivity index (χ1n) is 11.6. The van der Waals surface area contributed by atoms with E-state index < -0.39 is 0 Å². The lowest BCUT2D eigenvalue weighted by molar-refractivity contribution is -0.0379. The molecule has 0 fully saturated rings. The van der Waals surface area contributed by atoms with Crippen LogP contribution in [-0.4, -0.2) is 31.9 Å². The second-order valence-corrected chi connectivity index (χ2v) is 12.2. The van der Waals surface area contributed by atoms with Crippen molar-refractivity contribution in [2.75, 3.05) is 7.11 Å².